The maximum absolute atomic E-state index is 12.8. The van der Waals surface area contributed by atoms with Crippen molar-refractivity contribution in [2.45, 2.75) is 55.3 Å². The van der Waals surface area contributed by atoms with Crippen LogP contribution in [-0.2, 0) is 14.2 Å². The highest BCUT2D eigenvalue weighted by Crippen LogP contribution is 2.43. The molecule has 0 radical (unpaired) electrons. The lowest BCUT2D eigenvalue weighted by molar-refractivity contribution is -0.307. The number of ether oxygens (including phenoxy) is 4. The van der Waals surface area contributed by atoms with Gasteiger partial charge in [-0.25, -0.2) is 0 Å². The lowest BCUT2D eigenvalue weighted by Gasteiger charge is -2.41. The lowest BCUT2D eigenvalue weighted by atomic mass is 9.99. The van der Waals surface area contributed by atoms with Gasteiger partial charge in [-0.05, 0) is 18.2 Å². The highest BCUT2D eigenvalue weighted by molar-refractivity contribution is 5.89. The molecule has 0 bridgehead atoms. The van der Waals surface area contributed by atoms with E-state index in [4.69, 9.17) is 23.4 Å². The normalized spacial score (nSPS) is 31.7. The molecular formula is C26H28O16. The summed E-state index contributed by atoms with van der Waals surface area (Å²) in [5.74, 6) is -3.45. The number of aromatic hydroxyl groups is 4. The summed E-state index contributed by atoms with van der Waals surface area (Å²) in [5.41, 5.74) is -0.905. The number of hydrogen-bond acceptors (Lipinski definition) is 16. The van der Waals surface area contributed by atoms with E-state index in [2.05, 4.69) is 0 Å². The lowest BCUT2D eigenvalue weighted by Crippen LogP contribution is -2.61. The van der Waals surface area contributed by atoms with E-state index >= 15 is 0 Å². The number of hydrogen-bond donors (Lipinski definition) is 10. The fourth-order valence-corrected chi connectivity index (χ4v) is 4.57. The third kappa shape index (κ3) is 5.42. The van der Waals surface area contributed by atoms with Crippen LogP contribution in [0.25, 0.3) is 22.3 Å². The Morgan fingerprint density at radius 3 is 2.21 bits per heavy atom. The van der Waals surface area contributed by atoms with Gasteiger partial charge in [-0.15, -0.1) is 0 Å². The quantitative estimate of drug-likeness (QED) is 0.137. The van der Waals surface area contributed by atoms with Gasteiger partial charge in [0.25, 0.3) is 0 Å². The maximum Gasteiger partial charge on any atom is 0.229 e. The van der Waals surface area contributed by atoms with E-state index in [1.54, 1.807) is 0 Å². The minimum absolute atomic E-state index is 0.0895. The van der Waals surface area contributed by atoms with Crippen molar-refractivity contribution in [1.29, 1.82) is 0 Å². The topological polar surface area (TPSA) is 269 Å². The molecule has 5 rings (SSSR count). The number of rotatable bonds is 6. The van der Waals surface area contributed by atoms with E-state index in [1.165, 1.54) is 6.07 Å². The van der Waals surface area contributed by atoms with Gasteiger partial charge in [-0.3, -0.25) is 4.79 Å². The molecule has 10 N–H and O–H groups in total. The Kier molecular flexibility index (Phi) is 8.17. The van der Waals surface area contributed by atoms with Gasteiger partial charge >= 0.3 is 0 Å². The Bertz CT molecular complexity index is 1510. The molecule has 0 amide bonds. The van der Waals surface area contributed by atoms with Crippen molar-refractivity contribution in [2.75, 3.05) is 13.2 Å². The molecule has 16 heteroatoms. The summed E-state index contributed by atoms with van der Waals surface area (Å²) >= 11 is 0. The number of benzene rings is 2. The van der Waals surface area contributed by atoms with Gasteiger partial charge in [-0.1, -0.05) is 0 Å². The van der Waals surface area contributed by atoms with Gasteiger partial charge in [0.05, 0.1) is 13.2 Å². The van der Waals surface area contributed by atoms with Gasteiger partial charge in [0, 0.05) is 17.7 Å². The monoisotopic (exact) mass is 596 g/mol. The molecule has 9 unspecified atom stereocenters. The molecule has 2 aliphatic heterocycles. The van der Waals surface area contributed by atoms with E-state index in [0.29, 0.717) is 0 Å². The molecule has 1 aromatic heterocycles. The van der Waals surface area contributed by atoms with Crippen molar-refractivity contribution >= 4 is 11.0 Å². The smallest absolute Gasteiger partial charge is 0.229 e. The van der Waals surface area contributed by atoms with Crippen molar-refractivity contribution < 1.29 is 74.4 Å². The summed E-state index contributed by atoms with van der Waals surface area (Å²) in [6.45, 7) is -0.928. The molecule has 0 aliphatic carbocycles. The van der Waals surface area contributed by atoms with Crippen LogP contribution in [0, 0.1) is 0 Å². The summed E-state index contributed by atoms with van der Waals surface area (Å²) in [6.07, 6.45) is -14.7. The van der Waals surface area contributed by atoms with Gasteiger partial charge in [0.2, 0.25) is 12.0 Å². The van der Waals surface area contributed by atoms with Gasteiger partial charge < -0.3 is 74.4 Å². The molecule has 0 spiro atoms. The first-order valence-corrected chi connectivity index (χ1v) is 12.6. The minimum Gasteiger partial charge on any atom is -0.504 e. The Labute approximate surface area is 235 Å². The zero-order valence-corrected chi connectivity index (χ0v) is 21.4. The van der Waals surface area contributed by atoms with Crippen LogP contribution in [0.4, 0.5) is 0 Å². The first-order valence-electron chi connectivity index (χ1n) is 12.6. The highest BCUT2D eigenvalue weighted by atomic mass is 16.7. The zero-order chi connectivity index (χ0) is 30.5. The number of fused-ring (bicyclic) bond motifs is 1. The second kappa shape index (κ2) is 11.5. The average molecular weight is 596 g/mol. The van der Waals surface area contributed by atoms with Crippen molar-refractivity contribution in [3.8, 4) is 40.1 Å². The maximum atomic E-state index is 12.8. The first-order chi connectivity index (χ1) is 19.9. The van der Waals surface area contributed by atoms with E-state index in [1.807, 2.05) is 0 Å². The van der Waals surface area contributed by atoms with Crippen LogP contribution < -0.4 is 10.2 Å². The SMILES string of the molecule is O=c1cc(-c2ccc(O)c(O)c2)oc2cc(OC3OC(COC4OCC(O)C(O)C4O)C(O)C(O)C3O)c(O)c(O)c12. The van der Waals surface area contributed by atoms with Crippen molar-refractivity contribution in [3.63, 3.8) is 0 Å². The second-order valence-corrected chi connectivity index (χ2v) is 9.84. The Morgan fingerprint density at radius 1 is 0.786 bits per heavy atom. The van der Waals surface area contributed by atoms with E-state index in [-0.39, 0.29) is 23.5 Å². The summed E-state index contributed by atoms with van der Waals surface area (Å²) < 4.78 is 27.2. The van der Waals surface area contributed by atoms with E-state index in [9.17, 15) is 55.9 Å². The summed E-state index contributed by atoms with van der Waals surface area (Å²) in [6, 6.07) is 5.60. The molecule has 3 heterocycles. The molecular weight excluding hydrogens is 568 g/mol. The molecule has 2 aromatic carbocycles. The van der Waals surface area contributed by atoms with Gasteiger partial charge in [0.15, 0.2) is 34.7 Å². The molecule has 16 nitrogen and oxygen atoms in total. The molecule has 228 valence electrons. The predicted molar refractivity (Wildman–Crippen MR) is 136 cm³/mol. The van der Waals surface area contributed by atoms with Crippen LogP contribution in [-0.4, -0.2) is 120 Å². The second-order valence-electron chi connectivity index (χ2n) is 9.84. The fraction of sp³-hybridized carbons (Fsp3) is 0.423. The van der Waals surface area contributed by atoms with Crippen LogP contribution in [0.15, 0.2) is 39.5 Å². The Hall–Kier alpha value is -3.71. The van der Waals surface area contributed by atoms with Crippen molar-refractivity contribution in [2.24, 2.45) is 0 Å². The van der Waals surface area contributed by atoms with Crippen LogP contribution in [0.5, 0.6) is 28.7 Å². The van der Waals surface area contributed by atoms with Crippen molar-refractivity contribution in [1.82, 2.24) is 0 Å². The van der Waals surface area contributed by atoms with E-state index in [0.717, 1.165) is 24.3 Å². The molecule has 2 saturated heterocycles. The Balaban J connectivity index is 1.40. The summed E-state index contributed by atoms with van der Waals surface area (Å²) in [7, 11) is 0. The van der Waals surface area contributed by atoms with Crippen molar-refractivity contribution in [3.05, 3.63) is 40.6 Å². The van der Waals surface area contributed by atoms with Crippen LogP contribution in [0.2, 0.25) is 0 Å². The minimum atomic E-state index is -1.90. The summed E-state index contributed by atoms with van der Waals surface area (Å²) in [4.78, 5) is 12.8. The zero-order valence-electron chi connectivity index (χ0n) is 21.4. The molecule has 2 fully saturated rings. The largest absolute Gasteiger partial charge is 0.504 e. The molecule has 3 aromatic rings. The summed E-state index contributed by atoms with van der Waals surface area (Å²) in [5, 5.41) is 101. The number of phenolic OH excluding ortho intramolecular Hbond substituents is 4. The van der Waals surface area contributed by atoms with Crippen LogP contribution >= 0.6 is 0 Å². The van der Waals surface area contributed by atoms with E-state index < -0.39 is 101 Å². The molecule has 2 aliphatic rings. The first kappa shape index (κ1) is 29.8. The van der Waals surface area contributed by atoms with Crippen LogP contribution in [0.3, 0.4) is 0 Å². The number of phenols is 4. The van der Waals surface area contributed by atoms with Gasteiger partial charge in [0.1, 0.15) is 59.5 Å². The van der Waals surface area contributed by atoms with Crippen LogP contribution in [0.1, 0.15) is 0 Å². The number of aliphatic hydroxyl groups excluding tert-OH is 6. The molecule has 9 atom stereocenters. The fourth-order valence-electron chi connectivity index (χ4n) is 4.57. The van der Waals surface area contributed by atoms with Gasteiger partial charge in [-0.2, -0.15) is 0 Å². The number of aliphatic hydroxyl groups is 6. The Morgan fingerprint density at radius 2 is 1.50 bits per heavy atom. The third-order valence-electron chi connectivity index (χ3n) is 6.98. The standard InChI is InChI=1S/C26H28O16/c27-9-2-1-8(3-10(9)28)13-4-11(29)17-14(40-13)5-15(19(32)21(17)34)41-26-24(37)22(35)20(33)16(42-26)7-39-25-23(36)18(31)12(30)6-38-25/h1-5,12,16,18,20,22-28,30-37H,6-7H2. The molecule has 42 heavy (non-hydrogen) atoms. The third-order valence-corrected chi connectivity index (χ3v) is 6.98. The average Bonchev–Trinajstić information content (AvgIpc) is 2.96. The predicted octanol–water partition coefficient (Wildman–Crippen LogP) is -2.08. The highest BCUT2D eigenvalue weighted by Gasteiger charge is 2.46. The molecule has 0 saturated carbocycles.